The molecule has 0 bridgehead atoms. The molecule has 1 N–H and O–H groups in total. The number of benzene rings is 1. The first-order chi connectivity index (χ1) is 14.6. The van der Waals surface area contributed by atoms with Crippen molar-refractivity contribution in [2.24, 2.45) is 0 Å². The monoisotopic (exact) mass is 407 g/mol. The van der Waals surface area contributed by atoms with Crippen LogP contribution in [0.25, 0.3) is 0 Å². The van der Waals surface area contributed by atoms with Crippen molar-refractivity contribution in [3.63, 3.8) is 0 Å². The number of H-pyrrole nitrogens is 1. The van der Waals surface area contributed by atoms with Gasteiger partial charge in [0.25, 0.3) is 0 Å². The van der Waals surface area contributed by atoms with Crippen LogP contribution in [0.15, 0.2) is 24.3 Å². The number of nitrogens with one attached hydrogen (secondary N) is 1. The first-order valence-corrected chi connectivity index (χ1v) is 11.6. The van der Waals surface area contributed by atoms with Crippen LogP contribution in [-0.2, 0) is 17.6 Å². The van der Waals surface area contributed by atoms with Crippen molar-refractivity contribution in [2.75, 3.05) is 0 Å². The predicted molar refractivity (Wildman–Crippen MR) is 118 cm³/mol. The summed E-state index contributed by atoms with van der Waals surface area (Å²) in [6.07, 6.45) is 10.1. The zero-order valence-corrected chi connectivity index (χ0v) is 18.3. The van der Waals surface area contributed by atoms with E-state index in [1.807, 2.05) is 6.92 Å². The van der Waals surface area contributed by atoms with E-state index in [0.29, 0.717) is 17.7 Å². The summed E-state index contributed by atoms with van der Waals surface area (Å²) >= 11 is 0. The maximum absolute atomic E-state index is 13.0. The van der Waals surface area contributed by atoms with Crippen molar-refractivity contribution >= 4 is 11.8 Å². The van der Waals surface area contributed by atoms with Gasteiger partial charge in [-0.25, -0.2) is 4.79 Å². The Hall–Kier alpha value is -2.36. The van der Waals surface area contributed by atoms with E-state index in [1.165, 1.54) is 30.4 Å². The van der Waals surface area contributed by atoms with Gasteiger partial charge in [-0.05, 0) is 68.1 Å². The molecule has 1 heterocycles. The summed E-state index contributed by atoms with van der Waals surface area (Å²) in [6.45, 7) is 4.02. The van der Waals surface area contributed by atoms with E-state index >= 15 is 0 Å². The molecule has 0 saturated heterocycles. The first-order valence-electron chi connectivity index (χ1n) is 11.6. The Morgan fingerprint density at radius 1 is 1.03 bits per heavy atom. The smallest absolute Gasteiger partial charge is 0.355 e. The van der Waals surface area contributed by atoms with Gasteiger partial charge in [0, 0.05) is 17.7 Å². The minimum Gasteiger partial charge on any atom is -0.458 e. The van der Waals surface area contributed by atoms with E-state index in [1.54, 1.807) is 0 Å². The number of carbonyl (C=O) groups is 2. The van der Waals surface area contributed by atoms with Gasteiger partial charge in [-0.3, -0.25) is 4.79 Å². The van der Waals surface area contributed by atoms with E-state index in [9.17, 15) is 9.59 Å². The fourth-order valence-corrected chi connectivity index (χ4v) is 5.05. The standard InChI is InChI=1S/C26H33NO3/c1-3-18-11-13-19(14-12-18)20-15-22-24(23(28)16-20)17(2)25(27-22)26(29)30-21-9-7-5-4-6-8-10-21/h11-14,20-21,27H,3-10,15-16H2,1-2H3/t20-/m1/s1. The van der Waals surface area contributed by atoms with E-state index in [-0.39, 0.29) is 23.8 Å². The van der Waals surface area contributed by atoms with Crippen LogP contribution in [0.4, 0.5) is 0 Å². The molecule has 2 aromatic rings. The van der Waals surface area contributed by atoms with Gasteiger partial charge < -0.3 is 9.72 Å². The number of hydrogen-bond donors (Lipinski definition) is 1. The van der Waals surface area contributed by atoms with Crippen LogP contribution in [0.5, 0.6) is 0 Å². The molecule has 4 rings (SSSR count). The van der Waals surface area contributed by atoms with E-state index in [0.717, 1.165) is 49.8 Å². The Morgan fingerprint density at radius 3 is 2.37 bits per heavy atom. The Bertz CT molecular complexity index is 901. The van der Waals surface area contributed by atoms with Gasteiger partial charge in [-0.15, -0.1) is 0 Å². The second-order valence-electron chi connectivity index (χ2n) is 8.97. The highest BCUT2D eigenvalue weighted by molar-refractivity contribution is 6.03. The normalized spacial score (nSPS) is 20.3. The van der Waals surface area contributed by atoms with Gasteiger partial charge in [0.1, 0.15) is 11.8 Å². The van der Waals surface area contributed by atoms with Gasteiger partial charge >= 0.3 is 5.97 Å². The minimum absolute atomic E-state index is 0.00180. The fraction of sp³-hybridized carbons (Fsp3) is 0.538. The third-order valence-corrected chi connectivity index (χ3v) is 6.88. The maximum atomic E-state index is 13.0. The summed E-state index contributed by atoms with van der Waals surface area (Å²) in [5.41, 5.74) is 5.32. The molecule has 1 saturated carbocycles. The lowest BCUT2D eigenvalue weighted by atomic mass is 9.81. The van der Waals surface area contributed by atoms with E-state index < -0.39 is 0 Å². The SMILES string of the molecule is CCc1ccc([C@H]2CC(=O)c3c([nH]c(C(=O)OC4CCCCCCC4)c3C)C2)cc1. The molecule has 1 aromatic heterocycles. The number of ether oxygens (including phenoxy) is 1. The van der Waals surface area contributed by atoms with Crippen molar-refractivity contribution in [2.45, 2.75) is 90.1 Å². The van der Waals surface area contributed by atoms with Crippen LogP contribution < -0.4 is 0 Å². The summed E-state index contributed by atoms with van der Waals surface area (Å²) in [5, 5.41) is 0. The number of aromatic amines is 1. The van der Waals surface area contributed by atoms with Crippen molar-refractivity contribution in [3.8, 4) is 0 Å². The topological polar surface area (TPSA) is 59.2 Å². The number of aryl methyl sites for hydroxylation is 1. The first kappa shape index (κ1) is 20.9. The molecular weight excluding hydrogens is 374 g/mol. The number of ketones is 1. The average Bonchev–Trinajstić information content (AvgIpc) is 3.07. The number of carbonyl (C=O) groups excluding carboxylic acids is 2. The van der Waals surface area contributed by atoms with Crippen LogP contribution in [0, 0.1) is 6.92 Å². The van der Waals surface area contributed by atoms with Crippen molar-refractivity contribution in [3.05, 3.63) is 57.9 Å². The number of Topliss-reactive ketones (excluding diaryl/α,β-unsaturated/α-hetero) is 1. The lowest BCUT2D eigenvalue weighted by Gasteiger charge is -2.22. The Labute approximate surface area is 179 Å². The molecule has 1 aromatic carbocycles. The third-order valence-electron chi connectivity index (χ3n) is 6.88. The van der Waals surface area contributed by atoms with Crippen LogP contribution in [0.2, 0.25) is 0 Å². The summed E-state index contributed by atoms with van der Waals surface area (Å²) in [5.74, 6) is -0.0212. The van der Waals surface area contributed by atoms with Gasteiger partial charge in [0.2, 0.25) is 0 Å². The highest BCUT2D eigenvalue weighted by Crippen LogP contribution is 2.35. The van der Waals surface area contributed by atoms with Crippen LogP contribution in [-0.4, -0.2) is 22.8 Å². The molecule has 2 aliphatic rings. The zero-order chi connectivity index (χ0) is 21.1. The molecule has 160 valence electrons. The molecule has 2 aliphatic carbocycles. The Morgan fingerprint density at radius 2 is 1.70 bits per heavy atom. The Kier molecular flexibility index (Phi) is 6.40. The van der Waals surface area contributed by atoms with Crippen molar-refractivity contribution in [1.82, 2.24) is 4.98 Å². The lowest BCUT2D eigenvalue weighted by Crippen LogP contribution is -2.20. The van der Waals surface area contributed by atoms with E-state index in [2.05, 4.69) is 36.2 Å². The second kappa shape index (κ2) is 9.20. The van der Waals surface area contributed by atoms with Gasteiger partial charge in [0.05, 0.1) is 0 Å². The fourth-order valence-electron chi connectivity index (χ4n) is 5.05. The average molecular weight is 408 g/mol. The second-order valence-corrected chi connectivity index (χ2v) is 8.97. The zero-order valence-electron chi connectivity index (χ0n) is 18.3. The molecule has 1 fully saturated rings. The third kappa shape index (κ3) is 4.38. The van der Waals surface area contributed by atoms with Gasteiger partial charge in [-0.2, -0.15) is 0 Å². The maximum Gasteiger partial charge on any atom is 0.355 e. The number of esters is 1. The summed E-state index contributed by atoms with van der Waals surface area (Å²) in [6, 6.07) is 8.57. The van der Waals surface area contributed by atoms with Crippen LogP contribution >= 0.6 is 0 Å². The quantitative estimate of drug-likeness (QED) is 0.626. The van der Waals surface area contributed by atoms with Crippen LogP contribution in [0.3, 0.4) is 0 Å². The molecule has 0 amide bonds. The number of rotatable bonds is 4. The van der Waals surface area contributed by atoms with E-state index in [4.69, 9.17) is 4.74 Å². The summed E-state index contributed by atoms with van der Waals surface area (Å²) in [7, 11) is 0. The molecule has 0 aliphatic heterocycles. The summed E-state index contributed by atoms with van der Waals surface area (Å²) in [4.78, 5) is 29.1. The molecule has 30 heavy (non-hydrogen) atoms. The lowest BCUT2D eigenvalue weighted by molar-refractivity contribution is 0.0232. The predicted octanol–water partition coefficient (Wildman–Crippen LogP) is 6.07. The molecule has 4 nitrogen and oxygen atoms in total. The van der Waals surface area contributed by atoms with Gasteiger partial charge in [0.15, 0.2) is 5.78 Å². The highest BCUT2D eigenvalue weighted by Gasteiger charge is 2.32. The highest BCUT2D eigenvalue weighted by atomic mass is 16.5. The Balaban J connectivity index is 1.51. The minimum atomic E-state index is -0.302. The number of hydrogen-bond acceptors (Lipinski definition) is 3. The van der Waals surface area contributed by atoms with Gasteiger partial charge in [-0.1, -0.05) is 50.5 Å². The molecular formula is C26H33NO3. The molecule has 4 heteroatoms. The molecule has 0 radical (unpaired) electrons. The van der Waals surface area contributed by atoms with Crippen molar-refractivity contribution in [1.29, 1.82) is 0 Å². The number of aromatic nitrogens is 1. The number of fused-ring (bicyclic) bond motifs is 1. The van der Waals surface area contributed by atoms with Crippen LogP contribution in [0.1, 0.15) is 107 Å². The molecule has 0 spiro atoms. The molecule has 1 atom stereocenters. The largest absolute Gasteiger partial charge is 0.458 e. The van der Waals surface area contributed by atoms with Crippen molar-refractivity contribution < 1.29 is 14.3 Å². The summed E-state index contributed by atoms with van der Waals surface area (Å²) < 4.78 is 5.86. The molecule has 0 unspecified atom stereocenters.